The zero-order chi connectivity index (χ0) is 20.3. The molecular weight excluding hydrogens is 400 g/mol. The van der Waals surface area contributed by atoms with Crippen molar-refractivity contribution in [2.24, 2.45) is 0 Å². The summed E-state index contributed by atoms with van der Waals surface area (Å²) >= 11 is 1.57. The van der Waals surface area contributed by atoms with Gasteiger partial charge in [-0.3, -0.25) is 4.90 Å². The summed E-state index contributed by atoms with van der Waals surface area (Å²) in [5, 5.41) is 5.16. The molecule has 158 valence electrons. The second-order valence-electron chi connectivity index (χ2n) is 7.79. The minimum Gasteiger partial charge on any atom is -0.473 e. The molecule has 4 heterocycles. The summed E-state index contributed by atoms with van der Waals surface area (Å²) in [6.07, 6.45) is 8.05. The molecule has 0 unspecified atom stereocenters. The lowest BCUT2D eigenvalue weighted by molar-refractivity contribution is -0.00126. The van der Waals surface area contributed by atoms with Gasteiger partial charge < -0.3 is 14.8 Å². The number of aromatic nitrogens is 4. The van der Waals surface area contributed by atoms with Crippen LogP contribution in [-0.4, -0.2) is 63.3 Å². The molecule has 5 rings (SSSR count). The van der Waals surface area contributed by atoms with E-state index in [9.17, 15) is 0 Å². The zero-order valence-electron chi connectivity index (χ0n) is 17.1. The van der Waals surface area contributed by atoms with Crippen molar-refractivity contribution in [3.63, 3.8) is 0 Å². The lowest BCUT2D eigenvalue weighted by atomic mass is 9.91. The highest BCUT2D eigenvalue weighted by molar-refractivity contribution is 7.15. The van der Waals surface area contributed by atoms with Crippen LogP contribution in [0.4, 0.5) is 10.9 Å². The molecule has 0 radical (unpaired) electrons. The molecule has 2 fully saturated rings. The van der Waals surface area contributed by atoms with Crippen molar-refractivity contribution in [3.05, 3.63) is 29.5 Å². The third kappa shape index (κ3) is 4.38. The highest BCUT2D eigenvalue weighted by Gasteiger charge is 2.28. The largest absolute Gasteiger partial charge is 0.473 e. The Hall–Kier alpha value is -2.36. The number of hydrogen-bond donors (Lipinski definition) is 1. The number of pyridine rings is 1. The van der Waals surface area contributed by atoms with E-state index in [1.165, 1.54) is 0 Å². The minimum atomic E-state index is 0.154. The van der Waals surface area contributed by atoms with Crippen molar-refractivity contribution in [3.8, 4) is 5.88 Å². The Balaban J connectivity index is 1.31. The summed E-state index contributed by atoms with van der Waals surface area (Å²) in [5.41, 5.74) is 1.48. The zero-order valence-corrected chi connectivity index (χ0v) is 17.9. The molecule has 2 aliphatic rings. The Kier molecular flexibility index (Phi) is 5.74. The molecule has 1 N–H and O–H groups in total. The Morgan fingerprint density at radius 3 is 2.73 bits per heavy atom. The molecule has 0 aromatic carbocycles. The van der Waals surface area contributed by atoms with Crippen LogP contribution in [0.2, 0.25) is 0 Å². The maximum absolute atomic E-state index is 6.38. The number of aryl methyl sites for hydroxylation is 1. The first kappa shape index (κ1) is 19.6. The molecule has 1 aliphatic heterocycles. The van der Waals surface area contributed by atoms with Crippen LogP contribution in [0.15, 0.2) is 24.5 Å². The van der Waals surface area contributed by atoms with Crippen molar-refractivity contribution in [1.82, 2.24) is 24.8 Å². The average Bonchev–Trinajstić information content (AvgIpc) is 3.19. The van der Waals surface area contributed by atoms with Gasteiger partial charge in [0.05, 0.1) is 29.9 Å². The number of nitrogens with zero attached hydrogens (tertiary/aromatic N) is 5. The van der Waals surface area contributed by atoms with Gasteiger partial charge in [0, 0.05) is 25.3 Å². The van der Waals surface area contributed by atoms with Gasteiger partial charge in [0.2, 0.25) is 11.8 Å². The van der Waals surface area contributed by atoms with E-state index in [0.717, 1.165) is 67.5 Å². The smallest absolute Gasteiger partial charge is 0.245 e. The summed E-state index contributed by atoms with van der Waals surface area (Å²) < 4.78 is 11.9. The van der Waals surface area contributed by atoms with E-state index in [4.69, 9.17) is 9.47 Å². The highest BCUT2D eigenvalue weighted by atomic mass is 32.1. The Morgan fingerprint density at radius 2 is 1.97 bits per heavy atom. The first-order valence-electron chi connectivity index (χ1n) is 10.6. The van der Waals surface area contributed by atoms with E-state index in [0.29, 0.717) is 23.4 Å². The molecule has 1 saturated heterocycles. The molecule has 0 atom stereocenters. The third-order valence-electron chi connectivity index (χ3n) is 5.76. The minimum absolute atomic E-state index is 0.154. The van der Waals surface area contributed by atoms with Gasteiger partial charge in [-0.15, -0.1) is 11.3 Å². The molecule has 1 aliphatic carbocycles. The van der Waals surface area contributed by atoms with Gasteiger partial charge in [-0.05, 0) is 44.7 Å². The van der Waals surface area contributed by atoms with Crippen molar-refractivity contribution in [2.45, 2.75) is 44.8 Å². The summed E-state index contributed by atoms with van der Waals surface area (Å²) in [6, 6.07) is 4.46. The van der Waals surface area contributed by atoms with E-state index in [1.807, 2.05) is 19.1 Å². The number of rotatable bonds is 5. The summed E-state index contributed by atoms with van der Waals surface area (Å²) in [5.74, 6) is 1.07. The van der Waals surface area contributed by atoms with Gasteiger partial charge in [0.25, 0.3) is 0 Å². The molecule has 1 saturated carbocycles. The van der Waals surface area contributed by atoms with E-state index in [2.05, 4.69) is 30.2 Å². The van der Waals surface area contributed by atoms with Gasteiger partial charge in [-0.1, -0.05) is 0 Å². The van der Waals surface area contributed by atoms with E-state index in [1.54, 1.807) is 23.7 Å². The number of thiazole rings is 1. The van der Waals surface area contributed by atoms with Crippen LogP contribution >= 0.6 is 11.3 Å². The molecule has 3 aromatic heterocycles. The molecule has 0 bridgehead atoms. The molecule has 0 amide bonds. The van der Waals surface area contributed by atoms with E-state index >= 15 is 0 Å². The fraction of sp³-hybridized carbons (Fsp3) is 0.524. The van der Waals surface area contributed by atoms with Crippen LogP contribution in [0, 0.1) is 6.92 Å². The van der Waals surface area contributed by atoms with Crippen LogP contribution in [0.1, 0.15) is 30.7 Å². The van der Waals surface area contributed by atoms with E-state index < -0.39 is 0 Å². The molecular formula is C21H26N6O2S. The van der Waals surface area contributed by atoms with Gasteiger partial charge in [0.1, 0.15) is 11.1 Å². The summed E-state index contributed by atoms with van der Waals surface area (Å²) in [6.45, 7) is 5.77. The number of anilines is 2. The molecule has 9 heteroatoms. The topological polar surface area (TPSA) is 85.3 Å². The average molecular weight is 427 g/mol. The second-order valence-corrected chi connectivity index (χ2v) is 9.02. The number of morpholine rings is 1. The van der Waals surface area contributed by atoms with Gasteiger partial charge in [-0.25, -0.2) is 15.0 Å². The summed E-state index contributed by atoms with van der Waals surface area (Å²) in [4.78, 5) is 20.6. The predicted molar refractivity (Wildman–Crippen MR) is 117 cm³/mol. The van der Waals surface area contributed by atoms with Crippen molar-refractivity contribution < 1.29 is 9.47 Å². The Morgan fingerprint density at radius 1 is 1.13 bits per heavy atom. The van der Waals surface area contributed by atoms with Crippen molar-refractivity contribution >= 4 is 33.3 Å². The lowest BCUT2D eigenvalue weighted by Crippen LogP contribution is -2.46. The van der Waals surface area contributed by atoms with Gasteiger partial charge in [0.15, 0.2) is 5.52 Å². The summed E-state index contributed by atoms with van der Waals surface area (Å²) in [7, 11) is 0. The van der Waals surface area contributed by atoms with E-state index in [-0.39, 0.29) is 6.10 Å². The van der Waals surface area contributed by atoms with Gasteiger partial charge >= 0.3 is 0 Å². The maximum atomic E-state index is 6.38. The molecule has 3 aromatic rings. The standard InChI is InChI=1S/C21H26N6O2S/c1-14-23-13-18(30-14)25-21-24-17-3-2-8-22-19(17)20(26-21)29-16-6-4-15(5-7-16)27-9-11-28-12-10-27/h2-3,8,13,15-16H,4-7,9-12H2,1H3,(H,24,25,26)/t15-,16-. The quantitative estimate of drug-likeness (QED) is 0.663. The first-order chi connectivity index (χ1) is 14.7. The van der Waals surface area contributed by atoms with Crippen molar-refractivity contribution in [2.75, 3.05) is 31.6 Å². The lowest BCUT2D eigenvalue weighted by Gasteiger charge is -2.38. The maximum Gasteiger partial charge on any atom is 0.245 e. The second kappa shape index (κ2) is 8.79. The number of nitrogens with one attached hydrogen (secondary N) is 1. The van der Waals surface area contributed by atoms with Crippen LogP contribution in [-0.2, 0) is 4.74 Å². The van der Waals surface area contributed by atoms with Crippen LogP contribution in [0.25, 0.3) is 11.0 Å². The third-order valence-corrected chi connectivity index (χ3v) is 6.59. The Bertz CT molecular complexity index is 998. The number of fused-ring (bicyclic) bond motifs is 1. The first-order valence-corrected chi connectivity index (χ1v) is 11.4. The highest BCUT2D eigenvalue weighted by Crippen LogP contribution is 2.30. The SMILES string of the molecule is Cc1ncc(Nc2nc(O[C@H]3CC[C@H](N4CCOCC4)CC3)c3ncccc3n2)s1. The normalized spacial score (nSPS) is 22.8. The molecule has 0 spiro atoms. The number of ether oxygens (including phenoxy) is 2. The Labute approximate surface area is 179 Å². The predicted octanol–water partition coefficient (Wildman–Crippen LogP) is 3.56. The fourth-order valence-electron chi connectivity index (χ4n) is 4.24. The molecule has 30 heavy (non-hydrogen) atoms. The van der Waals surface area contributed by atoms with Crippen LogP contribution in [0.5, 0.6) is 5.88 Å². The van der Waals surface area contributed by atoms with Gasteiger partial charge in [-0.2, -0.15) is 4.98 Å². The molecule has 8 nitrogen and oxygen atoms in total. The fourth-order valence-corrected chi connectivity index (χ4v) is 4.91. The van der Waals surface area contributed by atoms with Crippen molar-refractivity contribution in [1.29, 1.82) is 0 Å². The number of hydrogen-bond acceptors (Lipinski definition) is 9. The monoisotopic (exact) mass is 426 g/mol. The van der Waals surface area contributed by atoms with Crippen LogP contribution < -0.4 is 10.1 Å². The van der Waals surface area contributed by atoms with Crippen LogP contribution in [0.3, 0.4) is 0 Å².